The lowest BCUT2D eigenvalue weighted by Crippen LogP contribution is -2.38. The fourth-order valence-corrected chi connectivity index (χ4v) is 2.86. The van der Waals surface area contributed by atoms with Gasteiger partial charge in [0.15, 0.2) is 11.5 Å². The molecule has 0 amide bonds. The van der Waals surface area contributed by atoms with Gasteiger partial charge in [-0.15, -0.1) is 0 Å². The molecule has 2 aromatic rings. The molecule has 0 bridgehead atoms. The van der Waals surface area contributed by atoms with Crippen molar-refractivity contribution in [3.63, 3.8) is 0 Å². The number of methoxy groups -OCH3 is 1. The number of rotatable bonds is 3. The van der Waals surface area contributed by atoms with Crippen LogP contribution in [0.25, 0.3) is 0 Å². The minimum Gasteiger partial charge on any atom is -0.469 e. The first-order valence-corrected chi connectivity index (χ1v) is 7.71. The second-order valence-corrected chi connectivity index (χ2v) is 5.96. The molecule has 0 saturated carbocycles. The Kier molecular flexibility index (Phi) is 4.02. The quantitative estimate of drug-likeness (QED) is 0.742. The molecule has 0 saturated heterocycles. The Balaban J connectivity index is 2.07. The van der Waals surface area contributed by atoms with E-state index in [0.717, 1.165) is 5.56 Å². The van der Waals surface area contributed by atoms with Gasteiger partial charge >= 0.3 is 5.97 Å². The monoisotopic (exact) mass is 382 g/mol. The maximum absolute atomic E-state index is 11.8. The van der Waals surface area contributed by atoms with Crippen LogP contribution in [0.1, 0.15) is 12.0 Å². The van der Waals surface area contributed by atoms with Crippen LogP contribution < -0.4 is 9.47 Å². The molecule has 6 heteroatoms. The molecule has 2 aromatic carbocycles. The van der Waals surface area contributed by atoms with E-state index in [4.69, 9.17) is 25.8 Å². The number of halogens is 2. The number of ether oxygens (including phenoxy) is 3. The second kappa shape index (κ2) is 5.82. The summed E-state index contributed by atoms with van der Waals surface area (Å²) in [7, 11) is 1.33. The number of benzene rings is 2. The van der Waals surface area contributed by atoms with Crippen LogP contribution in [-0.2, 0) is 15.3 Å². The highest BCUT2D eigenvalue weighted by molar-refractivity contribution is 9.10. The maximum Gasteiger partial charge on any atom is 0.313 e. The summed E-state index contributed by atoms with van der Waals surface area (Å²) in [5, 5.41) is 0.504. The van der Waals surface area contributed by atoms with Crippen LogP contribution in [0.4, 0.5) is 0 Å². The number of carbonyl (C=O) groups excluding carboxylic acids is 1. The zero-order valence-corrected chi connectivity index (χ0v) is 14.0. The molecular weight excluding hydrogens is 372 g/mol. The van der Waals surface area contributed by atoms with Gasteiger partial charge in [0.05, 0.1) is 16.6 Å². The highest BCUT2D eigenvalue weighted by atomic mass is 79.9. The topological polar surface area (TPSA) is 44.8 Å². The van der Waals surface area contributed by atoms with Crippen molar-refractivity contribution in [1.82, 2.24) is 0 Å². The summed E-state index contributed by atoms with van der Waals surface area (Å²) in [6.07, 6.45) is -0.0771. The van der Waals surface area contributed by atoms with Crippen LogP contribution in [0.15, 0.2) is 46.9 Å². The molecule has 0 N–H and O–H groups in total. The van der Waals surface area contributed by atoms with Crippen molar-refractivity contribution in [3.8, 4) is 11.5 Å². The molecule has 114 valence electrons. The van der Waals surface area contributed by atoms with E-state index in [2.05, 4.69) is 15.9 Å². The molecule has 1 unspecified atom stereocenters. The number of fused-ring (bicyclic) bond motifs is 1. The average Bonchev–Trinajstić information content (AvgIpc) is 2.92. The summed E-state index contributed by atoms with van der Waals surface area (Å²) < 4.78 is 17.4. The highest BCUT2D eigenvalue weighted by Crippen LogP contribution is 2.51. The molecule has 22 heavy (non-hydrogen) atoms. The van der Waals surface area contributed by atoms with Gasteiger partial charge in [0, 0.05) is 5.56 Å². The van der Waals surface area contributed by atoms with Gasteiger partial charge in [0.1, 0.15) is 6.42 Å². The van der Waals surface area contributed by atoms with Gasteiger partial charge in [0.2, 0.25) is 0 Å². The first kappa shape index (κ1) is 15.2. The number of hydrogen-bond donors (Lipinski definition) is 0. The van der Waals surface area contributed by atoms with Crippen LogP contribution >= 0.6 is 27.5 Å². The lowest BCUT2D eigenvalue weighted by atomic mass is 10.0. The van der Waals surface area contributed by atoms with Crippen molar-refractivity contribution >= 4 is 33.5 Å². The summed E-state index contributed by atoms with van der Waals surface area (Å²) in [5.74, 6) is -0.702. The third kappa shape index (κ3) is 2.55. The largest absolute Gasteiger partial charge is 0.469 e. The summed E-state index contributed by atoms with van der Waals surface area (Å²) >= 11 is 9.48. The summed E-state index contributed by atoms with van der Waals surface area (Å²) in [6.45, 7) is 0. The number of hydrogen-bond acceptors (Lipinski definition) is 4. The minimum absolute atomic E-state index is 0.0771. The maximum atomic E-state index is 11.8. The van der Waals surface area contributed by atoms with Crippen molar-refractivity contribution in [3.05, 3.63) is 57.5 Å². The normalized spacial score (nSPS) is 19.0. The third-order valence-electron chi connectivity index (χ3n) is 3.37. The first-order chi connectivity index (χ1) is 10.6. The van der Waals surface area contributed by atoms with E-state index in [1.54, 1.807) is 12.1 Å². The van der Waals surface area contributed by atoms with Crippen molar-refractivity contribution in [1.29, 1.82) is 0 Å². The van der Waals surface area contributed by atoms with Gasteiger partial charge in [-0.25, -0.2) is 0 Å². The van der Waals surface area contributed by atoms with Crippen molar-refractivity contribution in [2.45, 2.75) is 12.2 Å². The molecule has 0 radical (unpaired) electrons. The summed E-state index contributed by atoms with van der Waals surface area (Å²) in [5.41, 5.74) is 0.722. The van der Waals surface area contributed by atoms with E-state index < -0.39 is 11.8 Å². The molecule has 1 aliphatic heterocycles. The van der Waals surface area contributed by atoms with Gasteiger partial charge in [-0.05, 0) is 28.1 Å². The number of esters is 1. The van der Waals surface area contributed by atoms with Gasteiger partial charge in [-0.2, -0.15) is 0 Å². The molecule has 0 aliphatic carbocycles. The standard InChI is InChI=1S/C16H12BrClO4/c1-20-13(19)9-16(10-5-3-2-4-6-10)21-12-8-7-11(18)14(17)15(12)22-16/h2-8H,9H2,1H3. The molecule has 3 rings (SSSR count). The van der Waals surface area contributed by atoms with Crippen molar-refractivity contribution in [2.24, 2.45) is 0 Å². The zero-order chi connectivity index (χ0) is 15.7. The molecule has 1 atom stereocenters. The SMILES string of the molecule is COC(=O)CC1(c2ccccc2)Oc2ccc(Cl)c(Br)c2O1. The Labute approximate surface area is 141 Å². The van der Waals surface area contributed by atoms with Crippen LogP contribution in [0.3, 0.4) is 0 Å². The number of carbonyl (C=O) groups is 1. The van der Waals surface area contributed by atoms with E-state index in [1.807, 2.05) is 30.3 Å². The molecule has 4 nitrogen and oxygen atoms in total. The lowest BCUT2D eigenvalue weighted by Gasteiger charge is -2.27. The average molecular weight is 384 g/mol. The van der Waals surface area contributed by atoms with Crippen LogP contribution in [0.5, 0.6) is 11.5 Å². The Morgan fingerprint density at radius 3 is 2.64 bits per heavy atom. The van der Waals surface area contributed by atoms with Crippen LogP contribution in [0.2, 0.25) is 5.02 Å². The van der Waals surface area contributed by atoms with Gasteiger partial charge < -0.3 is 14.2 Å². The van der Waals surface area contributed by atoms with Crippen molar-refractivity contribution in [2.75, 3.05) is 7.11 Å². The lowest BCUT2D eigenvalue weighted by molar-refractivity contribution is -0.157. The minimum atomic E-state index is -1.26. The Morgan fingerprint density at radius 1 is 1.23 bits per heavy atom. The zero-order valence-electron chi connectivity index (χ0n) is 11.6. The van der Waals surface area contributed by atoms with E-state index in [-0.39, 0.29) is 6.42 Å². The van der Waals surface area contributed by atoms with E-state index >= 15 is 0 Å². The fourth-order valence-electron chi connectivity index (χ4n) is 2.30. The van der Waals surface area contributed by atoms with Gasteiger partial charge in [-0.1, -0.05) is 41.9 Å². The molecule has 0 fully saturated rings. The van der Waals surface area contributed by atoms with Gasteiger partial charge in [-0.3, -0.25) is 4.79 Å². The molecular formula is C16H12BrClO4. The summed E-state index contributed by atoms with van der Waals surface area (Å²) in [6, 6.07) is 12.7. The first-order valence-electron chi connectivity index (χ1n) is 6.54. The second-order valence-electron chi connectivity index (χ2n) is 4.76. The smallest absolute Gasteiger partial charge is 0.313 e. The molecule has 1 aliphatic rings. The van der Waals surface area contributed by atoms with Crippen molar-refractivity contribution < 1.29 is 19.0 Å². The van der Waals surface area contributed by atoms with E-state index in [0.29, 0.717) is 21.0 Å². The Bertz CT molecular complexity index is 720. The predicted octanol–water partition coefficient (Wildman–Crippen LogP) is 4.29. The predicted molar refractivity (Wildman–Crippen MR) is 85.2 cm³/mol. The third-order valence-corrected chi connectivity index (χ3v) is 4.70. The Morgan fingerprint density at radius 2 is 1.95 bits per heavy atom. The van der Waals surface area contributed by atoms with Crippen LogP contribution in [-0.4, -0.2) is 13.1 Å². The van der Waals surface area contributed by atoms with Crippen LogP contribution in [0, 0.1) is 0 Å². The Hall–Kier alpha value is -1.72. The van der Waals surface area contributed by atoms with E-state index in [1.165, 1.54) is 7.11 Å². The fraction of sp³-hybridized carbons (Fsp3) is 0.188. The van der Waals surface area contributed by atoms with E-state index in [9.17, 15) is 4.79 Å². The summed E-state index contributed by atoms with van der Waals surface area (Å²) in [4.78, 5) is 11.8. The van der Waals surface area contributed by atoms with Gasteiger partial charge in [0.25, 0.3) is 5.79 Å². The molecule has 0 aromatic heterocycles. The molecule has 0 spiro atoms. The molecule has 1 heterocycles. The highest BCUT2D eigenvalue weighted by Gasteiger charge is 2.46.